The van der Waals surface area contributed by atoms with Crippen molar-refractivity contribution in [1.82, 2.24) is 10.2 Å². The van der Waals surface area contributed by atoms with Crippen molar-refractivity contribution in [1.29, 1.82) is 0 Å². The van der Waals surface area contributed by atoms with Gasteiger partial charge in [-0.25, -0.2) is 4.79 Å². The van der Waals surface area contributed by atoms with Crippen molar-refractivity contribution in [2.24, 2.45) is 16.7 Å². The number of ether oxygens (including phenoxy) is 1. The molecule has 35 heavy (non-hydrogen) atoms. The zero-order valence-corrected chi connectivity index (χ0v) is 19.8. The predicted molar refractivity (Wildman–Crippen MR) is 129 cm³/mol. The van der Waals surface area contributed by atoms with Crippen LogP contribution in [0.5, 0.6) is 0 Å². The van der Waals surface area contributed by atoms with Gasteiger partial charge in [0, 0.05) is 25.0 Å². The van der Waals surface area contributed by atoms with Crippen LogP contribution in [0.15, 0.2) is 48.5 Å². The first-order valence-corrected chi connectivity index (χ1v) is 12.5. The molecule has 182 valence electrons. The number of likely N-dealkylation sites (tertiary alicyclic amines) is 1. The molecule has 0 aromatic heterocycles. The highest BCUT2D eigenvalue weighted by Gasteiger charge is 2.68. The monoisotopic (exact) mass is 474 g/mol. The van der Waals surface area contributed by atoms with Gasteiger partial charge in [0.05, 0.1) is 5.41 Å². The maximum atomic E-state index is 13.2. The van der Waals surface area contributed by atoms with Gasteiger partial charge in [-0.15, -0.1) is 0 Å². The molecule has 3 atom stereocenters. The van der Waals surface area contributed by atoms with Crippen LogP contribution in [-0.4, -0.2) is 53.7 Å². The van der Waals surface area contributed by atoms with Crippen molar-refractivity contribution in [3.8, 4) is 11.1 Å². The molecule has 4 aliphatic rings. The molecule has 2 aromatic carbocycles. The second kappa shape index (κ2) is 7.83. The Labute approximate surface area is 204 Å². The second-order valence-electron chi connectivity index (χ2n) is 10.8. The maximum absolute atomic E-state index is 13.2. The van der Waals surface area contributed by atoms with Gasteiger partial charge in [-0.05, 0) is 53.9 Å². The van der Waals surface area contributed by atoms with Gasteiger partial charge in [-0.3, -0.25) is 9.59 Å². The molecule has 3 unspecified atom stereocenters. The minimum Gasteiger partial charge on any atom is -0.481 e. The number of amides is 2. The summed E-state index contributed by atoms with van der Waals surface area (Å²) in [6.45, 7) is 2.70. The highest BCUT2D eigenvalue weighted by molar-refractivity contribution is 5.90. The van der Waals surface area contributed by atoms with E-state index in [0.29, 0.717) is 12.8 Å². The maximum Gasteiger partial charge on any atom is 0.407 e. The number of nitrogens with one attached hydrogen (secondary N) is 1. The summed E-state index contributed by atoms with van der Waals surface area (Å²) in [4.78, 5) is 39.1. The number of aliphatic carboxylic acids is 1. The topological polar surface area (TPSA) is 95.9 Å². The van der Waals surface area contributed by atoms with Crippen LogP contribution in [0, 0.1) is 16.7 Å². The Morgan fingerprint density at radius 1 is 1.03 bits per heavy atom. The number of carboxylic acid groups (broad SMARTS) is 1. The third-order valence-electron chi connectivity index (χ3n) is 8.91. The van der Waals surface area contributed by atoms with E-state index >= 15 is 0 Å². The number of nitrogens with zero attached hydrogens (tertiary/aromatic N) is 1. The molecule has 0 bridgehead atoms. The molecule has 6 rings (SSSR count). The van der Waals surface area contributed by atoms with Crippen molar-refractivity contribution in [3.05, 3.63) is 59.7 Å². The van der Waals surface area contributed by atoms with Gasteiger partial charge in [0.15, 0.2) is 0 Å². The molecule has 2 aromatic rings. The number of benzene rings is 2. The number of carbonyl (C=O) groups is 3. The average Bonchev–Trinajstić information content (AvgIpc) is 3.25. The van der Waals surface area contributed by atoms with E-state index in [2.05, 4.69) is 29.6 Å². The lowest BCUT2D eigenvalue weighted by Crippen LogP contribution is -2.63. The SMILES string of the molecule is CCC1(C(=O)O)CN(C(=O)C23CC(NC(=O)OCC4c5ccccc5-c5ccccc54)CC2C3)C1. The smallest absolute Gasteiger partial charge is 0.407 e. The normalized spacial score (nSPS) is 27.3. The Balaban J connectivity index is 1.05. The molecular formula is C28H30N2O5. The van der Waals surface area contributed by atoms with Crippen LogP contribution in [-0.2, 0) is 14.3 Å². The number of hydrogen-bond acceptors (Lipinski definition) is 4. The van der Waals surface area contributed by atoms with Crippen LogP contribution in [0.1, 0.15) is 49.7 Å². The van der Waals surface area contributed by atoms with Gasteiger partial charge in [-0.1, -0.05) is 55.5 Å². The third kappa shape index (κ3) is 3.35. The number of fused-ring (bicyclic) bond motifs is 4. The van der Waals surface area contributed by atoms with E-state index in [0.717, 1.165) is 12.8 Å². The Hall–Kier alpha value is -3.35. The molecule has 1 aliphatic heterocycles. The number of rotatable bonds is 6. The second-order valence-corrected chi connectivity index (χ2v) is 10.8. The molecule has 0 spiro atoms. The van der Waals surface area contributed by atoms with Crippen molar-refractivity contribution < 1.29 is 24.2 Å². The Bertz CT molecular complexity index is 1170. The average molecular weight is 475 g/mol. The lowest BCUT2D eigenvalue weighted by molar-refractivity contribution is -0.168. The van der Waals surface area contributed by atoms with Crippen LogP contribution < -0.4 is 5.32 Å². The van der Waals surface area contributed by atoms with Crippen LogP contribution in [0.2, 0.25) is 0 Å². The number of hydrogen-bond donors (Lipinski definition) is 2. The predicted octanol–water partition coefficient (Wildman–Crippen LogP) is 4.02. The minimum absolute atomic E-state index is 0.0116. The van der Waals surface area contributed by atoms with Gasteiger partial charge >= 0.3 is 12.1 Å². The first-order valence-electron chi connectivity index (χ1n) is 12.5. The summed E-state index contributed by atoms with van der Waals surface area (Å²) >= 11 is 0. The number of alkyl carbamates (subject to hydrolysis) is 1. The van der Waals surface area contributed by atoms with E-state index in [1.807, 2.05) is 31.2 Å². The Morgan fingerprint density at radius 3 is 2.26 bits per heavy atom. The van der Waals surface area contributed by atoms with Crippen LogP contribution in [0.4, 0.5) is 4.79 Å². The first-order chi connectivity index (χ1) is 16.9. The summed E-state index contributed by atoms with van der Waals surface area (Å²) in [5.41, 5.74) is 3.50. The Kier molecular flexibility index (Phi) is 4.95. The first kappa shape index (κ1) is 22.1. The molecule has 2 N–H and O–H groups in total. The van der Waals surface area contributed by atoms with E-state index in [9.17, 15) is 19.5 Å². The van der Waals surface area contributed by atoms with Crippen LogP contribution in [0.25, 0.3) is 11.1 Å². The molecule has 7 heteroatoms. The summed E-state index contributed by atoms with van der Waals surface area (Å²) < 4.78 is 5.68. The standard InChI is InChI=1S/C28H30N2O5/c1-2-27(25(32)33)15-30(16-27)24(31)28-12-17(28)11-18(13-28)29-26(34)35-14-23-21-9-5-3-7-19(21)20-8-4-6-10-22(20)23/h3-10,17-18,23H,2,11-16H2,1H3,(H,29,34)(H,32,33). The summed E-state index contributed by atoms with van der Waals surface area (Å²) in [6, 6.07) is 16.4. The zero-order valence-electron chi connectivity index (χ0n) is 19.8. The minimum atomic E-state index is -0.824. The fourth-order valence-corrected chi connectivity index (χ4v) is 6.73. The highest BCUT2D eigenvalue weighted by atomic mass is 16.5. The molecule has 2 amide bonds. The van der Waals surface area contributed by atoms with Crippen LogP contribution in [0.3, 0.4) is 0 Å². The summed E-state index contributed by atoms with van der Waals surface area (Å²) in [7, 11) is 0. The van der Waals surface area contributed by atoms with Gasteiger partial charge < -0.3 is 20.1 Å². The van der Waals surface area contributed by atoms with Crippen molar-refractivity contribution in [2.45, 2.75) is 44.6 Å². The van der Waals surface area contributed by atoms with Gasteiger partial charge in [0.1, 0.15) is 12.0 Å². The molecule has 1 saturated heterocycles. The molecule has 2 saturated carbocycles. The summed E-state index contributed by atoms with van der Waals surface area (Å²) in [5, 5.41) is 12.5. The zero-order chi connectivity index (χ0) is 24.4. The highest BCUT2D eigenvalue weighted by Crippen LogP contribution is 2.65. The fourth-order valence-electron chi connectivity index (χ4n) is 6.73. The van der Waals surface area contributed by atoms with Crippen molar-refractivity contribution in [3.63, 3.8) is 0 Å². The number of carboxylic acids is 1. The van der Waals surface area contributed by atoms with Gasteiger partial charge in [0.25, 0.3) is 0 Å². The quantitative estimate of drug-likeness (QED) is 0.659. The molecule has 7 nitrogen and oxygen atoms in total. The van der Waals surface area contributed by atoms with E-state index in [1.165, 1.54) is 22.3 Å². The Morgan fingerprint density at radius 2 is 1.66 bits per heavy atom. The fraction of sp³-hybridized carbons (Fsp3) is 0.464. The molecule has 3 fully saturated rings. The van der Waals surface area contributed by atoms with Crippen LogP contribution >= 0.6 is 0 Å². The van der Waals surface area contributed by atoms with Gasteiger partial charge in [-0.2, -0.15) is 0 Å². The largest absolute Gasteiger partial charge is 0.481 e. The van der Waals surface area contributed by atoms with Gasteiger partial charge in [0.2, 0.25) is 5.91 Å². The molecule has 0 radical (unpaired) electrons. The number of carbonyl (C=O) groups excluding carboxylic acids is 2. The van der Waals surface area contributed by atoms with E-state index in [4.69, 9.17) is 4.74 Å². The molecule has 1 heterocycles. The van der Waals surface area contributed by atoms with E-state index in [-0.39, 0.29) is 43.5 Å². The van der Waals surface area contributed by atoms with E-state index in [1.54, 1.807) is 4.90 Å². The van der Waals surface area contributed by atoms with Crippen molar-refractivity contribution >= 4 is 18.0 Å². The summed E-state index contributed by atoms with van der Waals surface area (Å²) in [5.74, 6) is -0.493. The lowest BCUT2D eigenvalue weighted by atomic mass is 9.76. The third-order valence-corrected chi connectivity index (χ3v) is 8.91. The van der Waals surface area contributed by atoms with Crippen molar-refractivity contribution in [2.75, 3.05) is 19.7 Å². The lowest BCUT2D eigenvalue weighted by Gasteiger charge is -2.48. The summed E-state index contributed by atoms with van der Waals surface area (Å²) in [6.07, 6.45) is 2.28. The van der Waals surface area contributed by atoms with E-state index < -0.39 is 22.9 Å². The molecular weight excluding hydrogens is 444 g/mol. The molecule has 3 aliphatic carbocycles.